The fourth-order valence-electron chi connectivity index (χ4n) is 2.14. The maximum atomic E-state index is 12.9. The second kappa shape index (κ2) is 7.21. The fourth-order valence-corrected chi connectivity index (χ4v) is 2.14. The third-order valence-corrected chi connectivity index (χ3v) is 3.22. The molecule has 0 aromatic heterocycles. The van der Waals surface area contributed by atoms with E-state index in [9.17, 15) is 18.7 Å². The number of hydrogen-bond donors (Lipinski definition) is 2. The van der Waals surface area contributed by atoms with Crippen LogP contribution in [-0.4, -0.2) is 48.4 Å². The Hall–Kier alpha value is -1.89. The van der Waals surface area contributed by atoms with Crippen molar-refractivity contribution in [2.75, 3.05) is 26.2 Å². The first-order valence-corrected chi connectivity index (χ1v) is 6.85. The summed E-state index contributed by atoms with van der Waals surface area (Å²) in [5.41, 5.74) is 0. The number of β-amino-alcohol motifs (C(OH)–C–C–N with tert-alkyl or cyclic N) is 1. The lowest BCUT2D eigenvalue weighted by Crippen LogP contribution is -2.47. The molecule has 1 atom stereocenters. The Labute approximate surface area is 121 Å². The number of carbonyl (C=O) groups excluding carboxylic acids is 1. The molecule has 1 aromatic carbocycles. The number of nitrogens with one attached hydrogen (secondary N) is 1. The van der Waals surface area contributed by atoms with E-state index in [2.05, 4.69) is 5.32 Å². The van der Waals surface area contributed by atoms with Crippen LogP contribution in [-0.2, 0) is 0 Å². The minimum absolute atomic E-state index is 0.146. The number of piperidine rings is 1. The average Bonchev–Trinajstić information content (AvgIpc) is 2.47. The third-order valence-electron chi connectivity index (χ3n) is 3.22. The predicted molar refractivity (Wildman–Crippen MR) is 72.1 cm³/mol. The minimum atomic E-state index is -0.973. The molecule has 2 N–H and O–H groups in total. The maximum Gasteiger partial charge on any atom is 0.317 e. The molecular weight excluding hydrogens is 282 g/mol. The zero-order valence-corrected chi connectivity index (χ0v) is 11.5. The summed E-state index contributed by atoms with van der Waals surface area (Å²) in [6.07, 6.45) is 1.02. The summed E-state index contributed by atoms with van der Waals surface area (Å²) in [7, 11) is 0. The quantitative estimate of drug-likeness (QED) is 0.829. The van der Waals surface area contributed by atoms with Gasteiger partial charge in [-0.3, -0.25) is 0 Å². The molecular formula is C14H18F2N2O3. The lowest BCUT2D eigenvalue weighted by molar-refractivity contribution is 0.0840. The number of amides is 2. The van der Waals surface area contributed by atoms with E-state index in [-0.39, 0.29) is 24.9 Å². The van der Waals surface area contributed by atoms with Gasteiger partial charge in [-0.2, -0.15) is 0 Å². The lowest BCUT2D eigenvalue weighted by atomic mass is 10.1. The Morgan fingerprint density at radius 1 is 1.43 bits per heavy atom. The fraction of sp³-hybridized carbons (Fsp3) is 0.500. The molecule has 1 fully saturated rings. The van der Waals surface area contributed by atoms with E-state index in [0.29, 0.717) is 19.5 Å². The monoisotopic (exact) mass is 300 g/mol. The summed E-state index contributed by atoms with van der Waals surface area (Å²) in [6, 6.07) is 3.00. The Morgan fingerprint density at radius 3 is 2.95 bits per heavy atom. The molecule has 5 nitrogen and oxygen atoms in total. The highest BCUT2D eigenvalue weighted by molar-refractivity contribution is 5.74. The van der Waals surface area contributed by atoms with Gasteiger partial charge < -0.3 is 20.1 Å². The van der Waals surface area contributed by atoms with Crippen LogP contribution in [0.1, 0.15) is 12.8 Å². The number of carbonyl (C=O) groups is 1. The Bertz CT molecular complexity index is 499. The molecule has 0 bridgehead atoms. The Morgan fingerprint density at radius 2 is 2.24 bits per heavy atom. The topological polar surface area (TPSA) is 61.8 Å². The molecule has 1 aliphatic heterocycles. The molecule has 1 aromatic rings. The maximum absolute atomic E-state index is 12.9. The van der Waals surface area contributed by atoms with Crippen molar-refractivity contribution < 1.29 is 23.4 Å². The molecule has 1 saturated heterocycles. The number of rotatable bonds is 4. The van der Waals surface area contributed by atoms with Crippen LogP contribution >= 0.6 is 0 Å². The van der Waals surface area contributed by atoms with Crippen LogP contribution < -0.4 is 10.1 Å². The van der Waals surface area contributed by atoms with Crippen molar-refractivity contribution in [1.29, 1.82) is 0 Å². The largest absolute Gasteiger partial charge is 0.492 e. The molecule has 0 saturated carbocycles. The van der Waals surface area contributed by atoms with Crippen molar-refractivity contribution in [3.8, 4) is 5.75 Å². The van der Waals surface area contributed by atoms with Gasteiger partial charge in [-0.05, 0) is 25.0 Å². The van der Waals surface area contributed by atoms with Gasteiger partial charge in [-0.15, -0.1) is 0 Å². The van der Waals surface area contributed by atoms with E-state index in [1.54, 1.807) is 4.90 Å². The van der Waals surface area contributed by atoms with Crippen LogP contribution in [0.5, 0.6) is 5.75 Å². The van der Waals surface area contributed by atoms with Crippen molar-refractivity contribution in [3.63, 3.8) is 0 Å². The van der Waals surface area contributed by atoms with Crippen LogP contribution in [0, 0.1) is 11.6 Å². The molecule has 2 amide bonds. The number of urea groups is 1. The normalized spacial score (nSPS) is 18.4. The SMILES string of the molecule is O=C(NCCOc1ccc(F)c(F)c1)N1CCCC(O)C1. The number of benzene rings is 1. The lowest BCUT2D eigenvalue weighted by Gasteiger charge is -2.30. The number of likely N-dealkylation sites (tertiary alicyclic amines) is 1. The standard InChI is InChI=1S/C14H18F2N2O3/c15-12-4-3-11(8-13(12)16)21-7-5-17-14(20)18-6-1-2-10(19)9-18/h3-4,8,10,19H,1-2,5-7,9H2,(H,17,20). The molecule has 1 aliphatic rings. The average molecular weight is 300 g/mol. The number of aliphatic hydroxyl groups is 1. The van der Waals surface area contributed by atoms with Gasteiger partial charge >= 0.3 is 6.03 Å². The van der Waals surface area contributed by atoms with E-state index in [0.717, 1.165) is 18.6 Å². The summed E-state index contributed by atoms with van der Waals surface area (Å²) in [5, 5.41) is 12.1. The second-order valence-electron chi connectivity index (χ2n) is 4.90. The van der Waals surface area contributed by atoms with Crippen LogP contribution in [0.3, 0.4) is 0 Å². The first-order valence-electron chi connectivity index (χ1n) is 6.85. The molecule has 0 aliphatic carbocycles. The van der Waals surface area contributed by atoms with Crippen molar-refractivity contribution in [2.45, 2.75) is 18.9 Å². The smallest absolute Gasteiger partial charge is 0.317 e. The summed E-state index contributed by atoms with van der Waals surface area (Å²) in [4.78, 5) is 13.3. The number of halogens is 2. The number of ether oxygens (including phenoxy) is 1. The summed E-state index contributed by atoms with van der Waals surface area (Å²) in [5.74, 6) is -1.70. The molecule has 2 rings (SSSR count). The van der Waals surface area contributed by atoms with Crippen molar-refractivity contribution >= 4 is 6.03 Å². The minimum Gasteiger partial charge on any atom is -0.492 e. The second-order valence-corrected chi connectivity index (χ2v) is 4.90. The third kappa shape index (κ3) is 4.56. The number of nitrogens with zero attached hydrogens (tertiary/aromatic N) is 1. The van der Waals surface area contributed by atoms with Gasteiger partial charge in [0.2, 0.25) is 0 Å². The van der Waals surface area contributed by atoms with Gasteiger partial charge in [0.05, 0.1) is 12.6 Å². The van der Waals surface area contributed by atoms with Gasteiger partial charge in [0.25, 0.3) is 0 Å². The zero-order valence-electron chi connectivity index (χ0n) is 11.5. The molecule has 7 heteroatoms. The predicted octanol–water partition coefficient (Wildman–Crippen LogP) is 1.51. The van der Waals surface area contributed by atoms with Gasteiger partial charge in [-0.1, -0.05) is 0 Å². The van der Waals surface area contributed by atoms with E-state index in [4.69, 9.17) is 4.74 Å². The van der Waals surface area contributed by atoms with Crippen LogP contribution in [0.4, 0.5) is 13.6 Å². The first-order chi connectivity index (χ1) is 10.1. The highest BCUT2D eigenvalue weighted by Crippen LogP contribution is 2.15. The van der Waals surface area contributed by atoms with E-state index in [1.807, 2.05) is 0 Å². The highest BCUT2D eigenvalue weighted by atomic mass is 19.2. The highest BCUT2D eigenvalue weighted by Gasteiger charge is 2.21. The van der Waals surface area contributed by atoms with Gasteiger partial charge in [-0.25, -0.2) is 13.6 Å². The van der Waals surface area contributed by atoms with Crippen LogP contribution in [0.25, 0.3) is 0 Å². The molecule has 0 spiro atoms. The molecule has 0 radical (unpaired) electrons. The summed E-state index contributed by atoms with van der Waals surface area (Å²) < 4.78 is 30.9. The van der Waals surface area contributed by atoms with Gasteiger partial charge in [0, 0.05) is 19.2 Å². The molecule has 1 heterocycles. The Kier molecular flexibility index (Phi) is 5.32. The van der Waals surface area contributed by atoms with E-state index < -0.39 is 17.7 Å². The number of aliphatic hydroxyl groups excluding tert-OH is 1. The van der Waals surface area contributed by atoms with Crippen molar-refractivity contribution in [2.24, 2.45) is 0 Å². The Balaban J connectivity index is 1.69. The zero-order chi connectivity index (χ0) is 15.2. The number of hydrogen-bond acceptors (Lipinski definition) is 3. The van der Waals surface area contributed by atoms with E-state index >= 15 is 0 Å². The summed E-state index contributed by atoms with van der Waals surface area (Å²) in [6.45, 7) is 1.33. The summed E-state index contributed by atoms with van der Waals surface area (Å²) >= 11 is 0. The molecule has 116 valence electrons. The first kappa shape index (κ1) is 15.5. The van der Waals surface area contributed by atoms with Crippen LogP contribution in [0.2, 0.25) is 0 Å². The molecule has 21 heavy (non-hydrogen) atoms. The van der Waals surface area contributed by atoms with Gasteiger partial charge in [0.15, 0.2) is 11.6 Å². The molecule has 1 unspecified atom stereocenters. The van der Waals surface area contributed by atoms with Crippen LogP contribution in [0.15, 0.2) is 18.2 Å². The van der Waals surface area contributed by atoms with E-state index in [1.165, 1.54) is 6.07 Å². The van der Waals surface area contributed by atoms with Crippen molar-refractivity contribution in [1.82, 2.24) is 10.2 Å². The van der Waals surface area contributed by atoms with Gasteiger partial charge in [0.1, 0.15) is 12.4 Å². The van der Waals surface area contributed by atoms with Crippen molar-refractivity contribution in [3.05, 3.63) is 29.8 Å².